The van der Waals surface area contributed by atoms with E-state index in [1.54, 1.807) is 11.8 Å². The van der Waals surface area contributed by atoms with Crippen LogP contribution in [0.15, 0.2) is 140 Å². The Morgan fingerprint density at radius 2 is 1.17 bits per heavy atom. The fourth-order valence-corrected chi connectivity index (χ4v) is 8.42. The van der Waals surface area contributed by atoms with Crippen molar-refractivity contribution < 1.29 is 44.7 Å². The number of aryl methyl sites for hydroxylation is 1. The Labute approximate surface area is 333 Å². The molecule has 2 aliphatic heterocycles. The van der Waals surface area contributed by atoms with E-state index in [1.165, 1.54) is 5.56 Å². The predicted molar refractivity (Wildman–Crippen MR) is 207 cm³/mol. The van der Waals surface area contributed by atoms with Crippen molar-refractivity contribution in [3.8, 4) is 0 Å². The standard InChI is InChI=1S/C46H46O5S.W/c1-2-35-24-15-25-40(28-35)41-26-27-51-46(29-41)45(50-33-39-22-13-6-14-23-39)44(49-32-38-20-11-5-12-21-38)43(48-31-37-18-9-4-10-19-37)42(52-46)34-47-30-36-16-7-3-8-17-36;/h3-25,42-45H,2,26-27,30-34H2,1H3;/q-2;+2/t42-,43-,44+,45-,46+;/m1./s1. The molecular weight excluding hydrogens is 848 g/mol. The summed E-state index contributed by atoms with van der Waals surface area (Å²) in [5.74, 6) is 0. The maximum atomic E-state index is 7.02. The Kier molecular flexibility index (Phi) is 14.7. The Morgan fingerprint density at radius 1 is 0.642 bits per heavy atom. The second-order valence-electron chi connectivity index (χ2n) is 13.2. The zero-order chi connectivity index (χ0) is 35.4. The molecule has 1 spiro atoms. The van der Waals surface area contributed by atoms with E-state index in [0.717, 1.165) is 46.2 Å². The first-order valence-corrected chi connectivity index (χ1v) is 19.1. The van der Waals surface area contributed by atoms with Crippen LogP contribution in [0, 0.1) is 12.1 Å². The maximum Gasteiger partial charge on any atom is 2.00 e. The monoisotopic (exact) mass is 894 g/mol. The van der Waals surface area contributed by atoms with E-state index in [9.17, 15) is 0 Å². The van der Waals surface area contributed by atoms with Gasteiger partial charge < -0.3 is 29.2 Å². The molecule has 5 atom stereocenters. The quantitative estimate of drug-likeness (QED) is 0.0978. The molecule has 272 valence electrons. The van der Waals surface area contributed by atoms with Gasteiger partial charge in [0.25, 0.3) is 0 Å². The summed E-state index contributed by atoms with van der Waals surface area (Å²) in [7, 11) is 0. The van der Waals surface area contributed by atoms with E-state index in [0.29, 0.717) is 39.6 Å². The Hall–Kier alpha value is -3.32. The van der Waals surface area contributed by atoms with E-state index >= 15 is 0 Å². The van der Waals surface area contributed by atoms with Crippen molar-refractivity contribution in [3.05, 3.63) is 185 Å². The molecule has 1 saturated heterocycles. The van der Waals surface area contributed by atoms with Crippen molar-refractivity contribution in [2.24, 2.45) is 0 Å². The number of hydrogen-bond donors (Lipinski definition) is 0. The molecule has 0 aliphatic carbocycles. The molecule has 5 aromatic rings. The minimum Gasteiger partial charge on any atom is -0.378 e. The van der Waals surface area contributed by atoms with Crippen molar-refractivity contribution in [1.82, 2.24) is 0 Å². The fraction of sp³-hybridized carbons (Fsp3) is 0.304. The molecule has 5 nitrogen and oxygen atoms in total. The van der Waals surface area contributed by atoms with Crippen molar-refractivity contribution >= 4 is 17.3 Å². The topological polar surface area (TPSA) is 46.2 Å². The number of benzene rings is 5. The zero-order valence-corrected chi connectivity index (χ0v) is 33.9. The van der Waals surface area contributed by atoms with Crippen LogP contribution in [0.3, 0.4) is 0 Å². The van der Waals surface area contributed by atoms with Gasteiger partial charge in [0, 0.05) is 6.61 Å². The summed E-state index contributed by atoms with van der Waals surface area (Å²) >= 11 is 1.69. The van der Waals surface area contributed by atoms with Crippen molar-refractivity contribution in [2.45, 2.75) is 74.7 Å². The van der Waals surface area contributed by atoms with Gasteiger partial charge in [-0.1, -0.05) is 135 Å². The molecule has 2 heterocycles. The molecule has 0 radical (unpaired) electrons. The molecule has 0 aromatic heterocycles. The summed E-state index contributed by atoms with van der Waals surface area (Å²) in [4.78, 5) is -0.993. The molecule has 0 unspecified atom stereocenters. The third-order valence-corrected chi connectivity index (χ3v) is 11.0. The summed E-state index contributed by atoms with van der Waals surface area (Å²) in [6.07, 6.45) is 4.08. The summed E-state index contributed by atoms with van der Waals surface area (Å²) in [5.41, 5.74) is 7.66. The second-order valence-corrected chi connectivity index (χ2v) is 14.7. The Balaban J connectivity index is 0.00000481. The van der Waals surface area contributed by atoms with Crippen LogP contribution in [0.1, 0.15) is 46.7 Å². The first-order valence-electron chi connectivity index (χ1n) is 18.2. The number of thioether (sulfide) groups is 1. The van der Waals surface area contributed by atoms with Crippen LogP contribution in [0.2, 0.25) is 0 Å². The molecule has 0 N–H and O–H groups in total. The zero-order valence-electron chi connectivity index (χ0n) is 30.1. The first kappa shape index (κ1) is 39.4. The SMILES string of the molecule is CCc1[c-]c(C2=[C-][C@]3(OCC2)S[C@H](COCc2ccccc2)[C@@H](OCc2ccccc2)[C@H](OCc2ccccc2)[C@H]3OCc2ccccc2)ccc1.[W+2]. The van der Waals surface area contributed by atoms with Gasteiger partial charge in [0.15, 0.2) is 0 Å². The average molecular weight is 895 g/mol. The van der Waals surface area contributed by atoms with Gasteiger partial charge in [-0.05, 0) is 28.7 Å². The van der Waals surface area contributed by atoms with Gasteiger partial charge in [-0.25, -0.2) is 12.1 Å². The number of ether oxygens (including phenoxy) is 5. The molecule has 0 saturated carbocycles. The molecule has 7 rings (SSSR count). The number of hydrogen-bond acceptors (Lipinski definition) is 6. The molecule has 5 aromatic carbocycles. The summed E-state index contributed by atoms with van der Waals surface area (Å²) < 4.78 is 34.4. The normalized spacial score (nSPS) is 22.5. The molecule has 7 heteroatoms. The third-order valence-electron chi connectivity index (χ3n) is 9.48. The molecule has 0 amide bonds. The van der Waals surface area contributed by atoms with E-state index < -0.39 is 17.1 Å². The van der Waals surface area contributed by atoms with Crippen LogP contribution in [-0.4, -0.2) is 41.7 Å². The largest absolute Gasteiger partial charge is 2.00 e. The smallest absolute Gasteiger partial charge is 0.378 e. The predicted octanol–water partition coefficient (Wildman–Crippen LogP) is 9.44. The van der Waals surface area contributed by atoms with Crippen LogP contribution < -0.4 is 0 Å². The van der Waals surface area contributed by atoms with Gasteiger partial charge >= 0.3 is 21.1 Å². The van der Waals surface area contributed by atoms with Crippen LogP contribution in [0.4, 0.5) is 0 Å². The van der Waals surface area contributed by atoms with E-state index in [-0.39, 0.29) is 32.4 Å². The maximum absolute atomic E-state index is 7.02. The van der Waals surface area contributed by atoms with Crippen LogP contribution in [-0.2, 0) is 77.6 Å². The Bertz CT molecular complexity index is 1840. The van der Waals surface area contributed by atoms with Crippen LogP contribution in [0.5, 0.6) is 0 Å². The van der Waals surface area contributed by atoms with E-state index in [4.69, 9.17) is 23.7 Å². The summed E-state index contributed by atoms with van der Waals surface area (Å²) in [5, 5.41) is -0.164. The van der Waals surface area contributed by atoms with Crippen LogP contribution >= 0.6 is 11.8 Å². The minimum atomic E-state index is -0.993. The number of rotatable bonds is 15. The molecule has 2 aliphatic rings. The third kappa shape index (κ3) is 10.5. The average Bonchev–Trinajstić information content (AvgIpc) is 3.21. The molecular formula is C46H46O5SW. The molecule has 53 heavy (non-hydrogen) atoms. The van der Waals surface area contributed by atoms with E-state index in [2.05, 4.69) is 85.8 Å². The minimum absolute atomic E-state index is 0. The van der Waals surface area contributed by atoms with E-state index in [1.807, 2.05) is 72.8 Å². The van der Waals surface area contributed by atoms with Gasteiger partial charge in [0.1, 0.15) is 18.3 Å². The Morgan fingerprint density at radius 3 is 1.74 bits per heavy atom. The van der Waals surface area contributed by atoms with Gasteiger partial charge in [0.05, 0.1) is 43.2 Å². The fourth-order valence-electron chi connectivity index (χ4n) is 6.77. The van der Waals surface area contributed by atoms with Crippen LogP contribution in [0.25, 0.3) is 5.57 Å². The summed E-state index contributed by atoms with van der Waals surface area (Å²) in [6.45, 7) is 4.80. The van der Waals surface area contributed by atoms with Crippen molar-refractivity contribution in [3.63, 3.8) is 0 Å². The van der Waals surface area contributed by atoms with Crippen molar-refractivity contribution in [2.75, 3.05) is 13.2 Å². The van der Waals surface area contributed by atoms with Gasteiger partial charge in [-0.3, -0.25) is 11.6 Å². The van der Waals surface area contributed by atoms with Gasteiger partial charge in [-0.15, -0.1) is 17.8 Å². The summed E-state index contributed by atoms with van der Waals surface area (Å²) in [6, 6.07) is 51.1. The molecule has 1 fully saturated rings. The van der Waals surface area contributed by atoms with Gasteiger partial charge in [0.2, 0.25) is 0 Å². The van der Waals surface area contributed by atoms with Gasteiger partial charge in [-0.2, -0.15) is 11.6 Å². The molecule has 0 bridgehead atoms. The first-order chi connectivity index (χ1) is 25.7. The van der Waals surface area contributed by atoms with Crippen molar-refractivity contribution in [1.29, 1.82) is 0 Å². The second kappa shape index (κ2) is 19.8.